The smallest absolute Gasteiger partial charge is 0.268 e. The summed E-state index contributed by atoms with van der Waals surface area (Å²) in [6.07, 6.45) is 7.09. The van der Waals surface area contributed by atoms with Crippen molar-refractivity contribution >= 4 is 39.7 Å². The Kier molecular flexibility index (Phi) is 4.87. The Morgan fingerprint density at radius 3 is 2.74 bits per heavy atom. The zero-order valence-electron chi connectivity index (χ0n) is 17.5. The van der Waals surface area contributed by atoms with Crippen molar-refractivity contribution < 1.29 is 4.79 Å². The molecule has 0 saturated carbocycles. The summed E-state index contributed by atoms with van der Waals surface area (Å²) in [4.78, 5) is 30.8. The van der Waals surface area contributed by atoms with E-state index in [1.54, 1.807) is 28.7 Å². The first kappa shape index (κ1) is 19.6. The van der Waals surface area contributed by atoms with Gasteiger partial charge in [0.15, 0.2) is 0 Å². The molecule has 1 fully saturated rings. The lowest BCUT2D eigenvalue weighted by atomic mass is 10.0. The van der Waals surface area contributed by atoms with Gasteiger partial charge in [-0.2, -0.15) is 5.10 Å². The van der Waals surface area contributed by atoms with Crippen molar-refractivity contribution in [2.45, 2.75) is 6.04 Å². The zero-order valence-corrected chi connectivity index (χ0v) is 18.3. The predicted octanol–water partition coefficient (Wildman–Crippen LogP) is 2.49. The number of hydrogen-bond acceptors (Lipinski definition) is 8. The number of aryl methyl sites for hydroxylation is 1. The van der Waals surface area contributed by atoms with Crippen LogP contribution >= 0.6 is 11.3 Å². The number of thiazole rings is 1. The number of amides is 1. The number of pyridine rings is 2. The molecule has 10 heteroatoms. The van der Waals surface area contributed by atoms with Crippen molar-refractivity contribution in [3.05, 3.63) is 47.3 Å². The lowest BCUT2D eigenvalue weighted by molar-refractivity contribution is 0.103. The Bertz CT molecular complexity index is 1240. The molecule has 1 aliphatic heterocycles. The maximum absolute atomic E-state index is 12.4. The number of aromatic nitrogens is 5. The van der Waals surface area contributed by atoms with Crippen LogP contribution in [-0.2, 0) is 7.05 Å². The molecule has 5 heterocycles. The maximum Gasteiger partial charge on any atom is 0.268 e. The summed E-state index contributed by atoms with van der Waals surface area (Å²) in [5.74, 6) is 0.230. The fourth-order valence-electron chi connectivity index (χ4n) is 3.61. The van der Waals surface area contributed by atoms with Crippen LogP contribution in [0.4, 0.5) is 11.5 Å². The molecule has 0 atom stereocenters. The molecule has 0 radical (unpaired) electrons. The SMILES string of the molecule is CN(C)C1CN(c2cc3cnc(NC(=O)c4cncs4)cc3nc2-c2cnn(C)c2)C1. The van der Waals surface area contributed by atoms with E-state index in [0.29, 0.717) is 16.7 Å². The first-order chi connectivity index (χ1) is 15.0. The molecule has 0 spiro atoms. The first-order valence-corrected chi connectivity index (χ1v) is 10.8. The first-order valence-electron chi connectivity index (χ1n) is 9.89. The molecule has 31 heavy (non-hydrogen) atoms. The summed E-state index contributed by atoms with van der Waals surface area (Å²) < 4.78 is 1.77. The average molecular weight is 435 g/mol. The van der Waals surface area contributed by atoms with Gasteiger partial charge in [-0.3, -0.25) is 14.5 Å². The minimum Gasteiger partial charge on any atom is -0.366 e. The van der Waals surface area contributed by atoms with Crippen molar-refractivity contribution in [3.8, 4) is 11.3 Å². The minimum atomic E-state index is -0.228. The maximum atomic E-state index is 12.4. The van der Waals surface area contributed by atoms with E-state index in [1.165, 1.54) is 11.3 Å². The largest absolute Gasteiger partial charge is 0.366 e. The molecule has 0 unspecified atom stereocenters. The van der Waals surface area contributed by atoms with E-state index in [4.69, 9.17) is 4.98 Å². The predicted molar refractivity (Wildman–Crippen MR) is 121 cm³/mol. The van der Waals surface area contributed by atoms with Crippen LogP contribution in [0.15, 0.2) is 42.4 Å². The van der Waals surface area contributed by atoms with E-state index in [-0.39, 0.29) is 5.91 Å². The molecule has 4 aromatic rings. The van der Waals surface area contributed by atoms with Crippen LogP contribution in [0.3, 0.4) is 0 Å². The van der Waals surface area contributed by atoms with Gasteiger partial charge < -0.3 is 15.1 Å². The molecule has 0 aliphatic carbocycles. The Morgan fingerprint density at radius 2 is 2.06 bits per heavy atom. The van der Waals surface area contributed by atoms with Crippen LogP contribution in [0.2, 0.25) is 0 Å². The highest BCUT2D eigenvalue weighted by atomic mass is 32.1. The Balaban J connectivity index is 1.52. The van der Waals surface area contributed by atoms with E-state index in [9.17, 15) is 4.79 Å². The van der Waals surface area contributed by atoms with Crippen molar-refractivity contribution in [2.24, 2.45) is 7.05 Å². The van der Waals surface area contributed by atoms with Gasteiger partial charge in [0.05, 0.1) is 34.8 Å². The van der Waals surface area contributed by atoms with Gasteiger partial charge in [-0.05, 0) is 20.2 Å². The second-order valence-electron chi connectivity index (χ2n) is 7.86. The van der Waals surface area contributed by atoms with Gasteiger partial charge in [0, 0.05) is 55.6 Å². The summed E-state index contributed by atoms with van der Waals surface area (Å²) in [5, 5.41) is 8.07. The lowest BCUT2D eigenvalue weighted by Gasteiger charge is -2.44. The Labute approximate surface area is 183 Å². The molecule has 1 saturated heterocycles. The van der Waals surface area contributed by atoms with Crippen LogP contribution in [0.25, 0.3) is 22.2 Å². The zero-order chi connectivity index (χ0) is 21.5. The van der Waals surface area contributed by atoms with Crippen LogP contribution in [0.5, 0.6) is 0 Å². The molecule has 1 amide bonds. The molecular formula is C21H22N8OS. The van der Waals surface area contributed by atoms with E-state index in [1.807, 2.05) is 19.4 Å². The van der Waals surface area contributed by atoms with Gasteiger partial charge >= 0.3 is 0 Å². The standard InChI is InChI=1S/C21H22N8OS/c1-27(2)15-10-29(11-15)17-4-13-6-23-19(26-21(30)18-8-22-12-31-18)5-16(13)25-20(17)14-7-24-28(3)9-14/h4-9,12,15H,10-11H2,1-3H3,(H,23,26,30). The van der Waals surface area contributed by atoms with Gasteiger partial charge in [0.1, 0.15) is 10.7 Å². The number of nitrogens with zero attached hydrogens (tertiary/aromatic N) is 7. The molecule has 1 N–H and O–H groups in total. The minimum absolute atomic E-state index is 0.228. The van der Waals surface area contributed by atoms with Crippen molar-refractivity contribution in [1.82, 2.24) is 29.6 Å². The van der Waals surface area contributed by atoms with Gasteiger partial charge in [-0.15, -0.1) is 11.3 Å². The third-order valence-corrected chi connectivity index (χ3v) is 6.26. The van der Waals surface area contributed by atoms with E-state index >= 15 is 0 Å². The summed E-state index contributed by atoms with van der Waals surface area (Å²) in [7, 11) is 6.11. The lowest BCUT2D eigenvalue weighted by Crippen LogP contribution is -2.57. The summed E-state index contributed by atoms with van der Waals surface area (Å²) >= 11 is 1.29. The van der Waals surface area contributed by atoms with E-state index < -0.39 is 0 Å². The fraction of sp³-hybridized carbons (Fsp3) is 0.286. The fourth-order valence-corrected chi connectivity index (χ4v) is 4.12. The normalized spacial score (nSPS) is 14.3. The van der Waals surface area contributed by atoms with Gasteiger partial charge in [-0.25, -0.2) is 9.97 Å². The second kappa shape index (κ2) is 7.71. The summed E-state index contributed by atoms with van der Waals surface area (Å²) in [6, 6.07) is 4.45. The summed E-state index contributed by atoms with van der Waals surface area (Å²) in [6.45, 7) is 1.90. The number of carbonyl (C=O) groups is 1. The summed E-state index contributed by atoms with van der Waals surface area (Å²) in [5.41, 5.74) is 5.30. The molecule has 5 rings (SSSR count). The molecular weight excluding hydrogens is 412 g/mol. The number of nitrogens with one attached hydrogen (secondary N) is 1. The highest BCUT2D eigenvalue weighted by Gasteiger charge is 2.31. The quantitative estimate of drug-likeness (QED) is 0.516. The van der Waals surface area contributed by atoms with Crippen LogP contribution in [-0.4, -0.2) is 68.8 Å². The van der Waals surface area contributed by atoms with Crippen molar-refractivity contribution in [3.63, 3.8) is 0 Å². The highest BCUT2D eigenvalue weighted by molar-refractivity contribution is 7.11. The Morgan fingerprint density at radius 1 is 1.23 bits per heavy atom. The van der Waals surface area contributed by atoms with Gasteiger partial charge in [-0.1, -0.05) is 0 Å². The van der Waals surface area contributed by atoms with Crippen LogP contribution in [0, 0.1) is 0 Å². The molecule has 1 aliphatic rings. The van der Waals surface area contributed by atoms with Gasteiger partial charge in [0.2, 0.25) is 0 Å². The number of hydrogen-bond donors (Lipinski definition) is 1. The number of fused-ring (bicyclic) bond motifs is 1. The second-order valence-corrected chi connectivity index (χ2v) is 8.75. The molecule has 4 aromatic heterocycles. The third-order valence-electron chi connectivity index (χ3n) is 5.49. The third kappa shape index (κ3) is 3.75. The molecule has 9 nitrogen and oxygen atoms in total. The number of likely N-dealkylation sites (N-methyl/N-ethyl adjacent to an activating group) is 1. The van der Waals surface area contributed by atoms with Crippen molar-refractivity contribution in [2.75, 3.05) is 37.4 Å². The average Bonchev–Trinajstić information content (AvgIpc) is 3.38. The topological polar surface area (TPSA) is 92.1 Å². The van der Waals surface area contributed by atoms with E-state index in [0.717, 1.165) is 40.9 Å². The molecule has 0 aromatic carbocycles. The van der Waals surface area contributed by atoms with Crippen molar-refractivity contribution in [1.29, 1.82) is 0 Å². The van der Waals surface area contributed by atoms with Crippen LogP contribution in [0.1, 0.15) is 9.67 Å². The highest BCUT2D eigenvalue weighted by Crippen LogP contribution is 2.35. The Hall–Kier alpha value is -3.37. The number of anilines is 2. The number of carbonyl (C=O) groups excluding carboxylic acids is 1. The van der Waals surface area contributed by atoms with Gasteiger partial charge in [0.25, 0.3) is 5.91 Å². The molecule has 0 bridgehead atoms. The number of rotatable bonds is 5. The van der Waals surface area contributed by atoms with E-state index in [2.05, 4.69) is 50.3 Å². The monoisotopic (exact) mass is 434 g/mol. The van der Waals surface area contributed by atoms with Crippen LogP contribution < -0.4 is 10.2 Å². The molecule has 158 valence electrons.